The lowest BCUT2D eigenvalue weighted by Crippen LogP contribution is -2.04. The topological polar surface area (TPSA) is 55.8 Å². The molecule has 0 spiro atoms. The van der Waals surface area contributed by atoms with Crippen LogP contribution in [-0.4, -0.2) is 28.6 Å². The Bertz CT molecular complexity index is 354. The van der Waals surface area contributed by atoms with Crippen LogP contribution < -0.4 is 0 Å². The molecular weight excluding hydrogens is 375 g/mol. The maximum absolute atomic E-state index is 11.5. The Balaban J connectivity index is 3.42. The Hall–Kier alpha value is 0.810. The molecule has 0 heterocycles. The van der Waals surface area contributed by atoms with Crippen LogP contribution in [0.15, 0.2) is 0 Å². The van der Waals surface area contributed by atoms with Gasteiger partial charge in [-0.25, -0.2) is 4.57 Å². The van der Waals surface area contributed by atoms with Crippen molar-refractivity contribution in [2.75, 3.05) is 12.4 Å². The maximum atomic E-state index is 11.5. The molecule has 152 valence electrons. The number of unbranched alkanes of at least 4 members (excludes halogenated alkanes) is 4. The molecule has 25 heavy (non-hydrogen) atoms. The molecule has 1 N–H and O–H groups in total. The van der Waals surface area contributed by atoms with Crippen molar-refractivity contribution < 1.29 is 18.5 Å². The van der Waals surface area contributed by atoms with E-state index in [-0.39, 0.29) is 12.7 Å². The van der Waals surface area contributed by atoms with Crippen LogP contribution >= 0.6 is 29.4 Å². The molecule has 0 aromatic carbocycles. The van der Waals surface area contributed by atoms with Gasteiger partial charge in [-0.05, 0) is 39.0 Å². The predicted octanol–water partition coefficient (Wildman–Crippen LogP) is 7.08. The zero-order valence-electron chi connectivity index (χ0n) is 16.7. The Kier molecular flexibility index (Phi) is 16.3. The maximum Gasteiger partial charge on any atom is 0.472 e. The Morgan fingerprint density at radius 1 is 0.920 bits per heavy atom. The van der Waals surface area contributed by atoms with Crippen LogP contribution in [0.25, 0.3) is 0 Å². The lowest BCUT2D eigenvalue weighted by atomic mass is 10.0. The van der Waals surface area contributed by atoms with E-state index >= 15 is 0 Å². The molecule has 0 radical (unpaired) electrons. The van der Waals surface area contributed by atoms with Gasteiger partial charge in [-0.1, -0.05) is 74.5 Å². The molecule has 7 heteroatoms. The Labute approximate surface area is 163 Å². The van der Waals surface area contributed by atoms with Gasteiger partial charge in [-0.15, -0.1) is 0 Å². The first kappa shape index (κ1) is 25.8. The van der Waals surface area contributed by atoms with Gasteiger partial charge in [-0.3, -0.25) is 9.05 Å². The minimum Gasteiger partial charge on any atom is -0.302 e. The molecule has 0 aliphatic carbocycles. The Morgan fingerprint density at radius 3 is 2.20 bits per heavy atom. The fourth-order valence-corrected chi connectivity index (χ4v) is 5.78. The van der Waals surface area contributed by atoms with Crippen LogP contribution in [0, 0.1) is 5.92 Å². The van der Waals surface area contributed by atoms with Crippen molar-refractivity contribution in [3.63, 3.8) is 0 Å². The molecule has 2 unspecified atom stereocenters. The van der Waals surface area contributed by atoms with E-state index in [0.717, 1.165) is 25.2 Å². The minimum atomic E-state index is -3.86. The summed E-state index contributed by atoms with van der Waals surface area (Å²) in [5.41, 5.74) is 0. The highest BCUT2D eigenvalue weighted by Crippen LogP contribution is 2.44. The summed E-state index contributed by atoms with van der Waals surface area (Å²) in [4.78, 5) is 9.44. The summed E-state index contributed by atoms with van der Waals surface area (Å²) in [6, 6.07) is 0. The van der Waals surface area contributed by atoms with Crippen molar-refractivity contribution in [2.45, 2.75) is 97.3 Å². The van der Waals surface area contributed by atoms with E-state index in [2.05, 4.69) is 20.8 Å². The van der Waals surface area contributed by atoms with Gasteiger partial charge in [0, 0.05) is 11.0 Å². The molecule has 0 saturated heterocycles. The third kappa shape index (κ3) is 19.4. The summed E-state index contributed by atoms with van der Waals surface area (Å²) >= 11 is 0. The zero-order valence-corrected chi connectivity index (χ0v) is 19.3. The summed E-state index contributed by atoms with van der Waals surface area (Å²) in [5, 5.41) is 0.610. The number of hydrogen-bond acceptors (Lipinski definition) is 5. The highest BCUT2D eigenvalue weighted by atomic mass is 33.1. The SMILES string of the molecule is CC(C)CCCCCCSSC(C)CCCCOP(=O)(O)OC(C)C. The molecule has 0 aromatic rings. The van der Waals surface area contributed by atoms with Gasteiger partial charge in [-0.2, -0.15) is 0 Å². The fourth-order valence-electron chi connectivity index (χ4n) is 2.29. The molecule has 0 fully saturated rings. The average molecular weight is 415 g/mol. The molecule has 0 amide bonds. The van der Waals surface area contributed by atoms with Crippen molar-refractivity contribution in [2.24, 2.45) is 5.92 Å². The lowest BCUT2D eigenvalue weighted by molar-refractivity contribution is 0.119. The smallest absolute Gasteiger partial charge is 0.302 e. The summed E-state index contributed by atoms with van der Waals surface area (Å²) in [6.07, 6.45) is 9.37. The van der Waals surface area contributed by atoms with E-state index in [1.165, 1.54) is 37.9 Å². The van der Waals surface area contributed by atoms with Crippen molar-refractivity contribution in [3.8, 4) is 0 Å². The molecule has 0 saturated carbocycles. The lowest BCUT2D eigenvalue weighted by Gasteiger charge is -2.14. The van der Waals surface area contributed by atoms with E-state index in [1.807, 2.05) is 21.6 Å². The fraction of sp³-hybridized carbons (Fsp3) is 1.00. The molecule has 0 aliphatic heterocycles. The first-order chi connectivity index (χ1) is 11.7. The van der Waals surface area contributed by atoms with Gasteiger partial charge < -0.3 is 4.89 Å². The molecule has 0 rings (SSSR count). The van der Waals surface area contributed by atoms with Gasteiger partial charge in [0.05, 0.1) is 12.7 Å². The van der Waals surface area contributed by atoms with E-state index < -0.39 is 7.82 Å². The average Bonchev–Trinajstić information content (AvgIpc) is 2.47. The van der Waals surface area contributed by atoms with Gasteiger partial charge in [0.25, 0.3) is 0 Å². The second-order valence-corrected chi connectivity index (χ2v) is 11.6. The predicted molar refractivity (Wildman–Crippen MR) is 113 cm³/mol. The summed E-state index contributed by atoms with van der Waals surface area (Å²) in [7, 11) is 0.0843. The van der Waals surface area contributed by atoms with Crippen LogP contribution in [0.5, 0.6) is 0 Å². The van der Waals surface area contributed by atoms with Gasteiger partial charge in [0.2, 0.25) is 0 Å². The van der Waals surface area contributed by atoms with E-state index in [1.54, 1.807) is 13.8 Å². The van der Waals surface area contributed by atoms with Gasteiger partial charge in [0.15, 0.2) is 0 Å². The Morgan fingerprint density at radius 2 is 1.56 bits per heavy atom. The first-order valence-corrected chi connectivity index (χ1v) is 13.5. The van der Waals surface area contributed by atoms with Crippen LogP contribution in [0.4, 0.5) is 0 Å². The van der Waals surface area contributed by atoms with Crippen LogP contribution in [0.3, 0.4) is 0 Å². The quantitative estimate of drug-likeness (QED) is 0.156. The number of phosphoric acid groups is 1. The standard InChI is InChI=1S/C18H39O4PS2/c1-16(2)12-8-6-7-11-15-24-25-18(5)13-9-10-14-21-23(19,20)22-17(3)4/h16-18H,6-15H2,1-5H3,(H,19,20). The summed E-state index contributed by atoms with van der Waals surface area (Å²) in [5.74, 6) is 2.07. The highest BCUT2D eigenvalue weighted by molar-refractivity contribution is 8.76. The van der Waals surface area contributed by atoms with Gasteiger partial charge >= 0.3 is 7.82 Å². The monoisotopic (exact) mass is 414 g/mol. The normalized spacial score (nSPS) is 15.7. The van der Waals surface area contributed by atoms with Crippen molar-refractivity contribution in [1.82, 2.24) is 0 Å². The summed E-state index contributed by atoms with van der Waals surface area (Å²) < 4.78 is 21.3. The highest BCUT2D eigenvalue weighted by Gasteiger charge is 2.22. The van der Waals surface area contributed by atoms with Crippen molar-refractivity contribution in [1.29, 1.82) is 0 Å². The second-order valence-electron chi connectivity index (χ2n) is 7.28. The zero-order chi connectivity index (χ0) is 19.1. The minimum absolute atomic E-state index is 0.279. The molecule has 0 bridgehead atoms. The van der Waals surface area contributed by atoms with Crippen LogP contribution in [0.1, 0.15) is 86.0 Å². The van der Waals surface area contributed by atoms with E-state index in [0.29, 0.717) is 5.25 Å². The summed E-state index contributed by atoms with van der Waals surface area (Å²) in [6.45, 7) is 10.5. The number of phosphoric ester groups is 1. The van der Waals surface area contributed by atoms with Crippen LogP contribution in [-0.2, 0) is 13.6 Å². The number of rotatable bonds is 17. The molecule has 0 aromatic heterocycles. The van der Waals surface area contributed by atoms with Crippen LogP contribution in [0.2, 0.25) is 0 Å². The molecule has 2 atom stereocenters. The van der Waals surface area contributed by atoms with Gasteiger partial charge in [0.1, 0.15) is 0 Å². The van der Waals surface area contributed by atoms with E-state index in [4.69, 9.17) is 9.05 Å². The first-order valence-electron chi connectivity index (χ1n) is 9.67. The molecule has 4 nitrogen and oxygen atoms in total. The third-order valence-electron chi connectivity index (χ3n) is 3.59. The van der Waals surface area contributed by atoms with Crippen molar-refractivity contribution >= 4 is 29.4 Å². The second kappa shape index (κ2) is 15.8. The largest absolute Gasteiger partial charge is 0.472 e. The number of hydrogen-bond donors (Lipinski definition) is 1. The molecular formula is C18H39O4PS2. The van der Waals surface area contributed by atoms with Crippen molar-refractivity contribution in [3.05, 3.63) is 0 Å². The molecule has 0 aliphatic rings. The van der Waals surface area contributed by atoms with E-state index in [9.17, 15) is 9.46 Å². The third-order valence-corrected chi connectivity index (χ3v) is 7.84.